The van der Waals surface area contributed by atoms with Gasteiger partial charge in [0, 0.05) is 12.7 Å². The molecule has 0 bridgehead atoms. The number of rotatable bonds is 5. The van der Waals surface area contributed by atoms with E-state index >= 15 is 0 Å². The molecule has 0 aliphatic rings. The number of hydrogen-bond acceptors (Lipinski definition) is 4. The minimum atomic E-state index is -0.765. The quantitative estimate of drug-likeness (QED) is 0.755. The fourth-order valence-electron chi connectivity index (χ4n) is 2.08. The van der Waals surface area contributed by atoms with Crippen LogP contribution in [0.1, 0.15) is 22.2 Å². The molecule has 2 N–H and O–H groups in total. The van der Waals surface area contributed by atoms with Gasteiger partial charge in [0.15, 0.2) is 5.69 Å². The average molecular weight is 331 g/mol. The van der Waals surface area contributed by atoms with Crippen LogP contribution in [0.25, 0.3) is 5.69 Å². The topological polar surface area (TPSA) is 67.2 Å². The van der Waals surface area contributed by atoms with Crippen LogP contribution in [0.3, 0.4) is 0 Å². The number of nitrogens with one attached hydrogen (secondary N) is 1. The van der Waals surface area contributed by atoms with Crippen LogP contribution in [0.15, 0.2) is 53.4 Å². The lowest BCUT2D eigenvalue weighted by Crippen LogP contribution is -2.28. The lowest BCUT2D eigenvalue weighted by atomic mass is 10.2. The van der Waals surface area contributed by atoms with Gasteiger partial charge in [-0.1, -0.05) is 12.1 Å². The van der Waals surface area contributed by atoms with Crippen LogP contribution in [0.2, 0.25) is 0 Å². The Hall–Kier alpha value is -2.51. The molecule has 1 unspecified atom stereocenters. The summed E-state index contributed by atoms with van der Waals surface area (Å²) in [5.74, 6) is -0.843. The number of aliphatic hydroxyl groups excluding tert-OH is 1. The van der Waals surface area contributed by atoms with Crippen molar-refractivity contribution < 1.29 is 14.3 Å². The number of carbonyl (C=O) groups is 1. The molecule has 0 saturated heterocycles. The Bertz CT molecular complexity index is 801. The average Bonchev–Trinajstić information content (AvgIpc) is 3.24. The number of para-hydroxylation sites is 1. The number of halogens is 1. The summed E-state index contributed by atoms with van der Waals surface area (Å²) in [5.41, 5.74) is 1.18. The molecule has 0 saturated carbocycles. The number of carbonyl (C=O) groups excluding carboxylic acids is 1. The van der Waals surface area contributed by atoms with Gasteiger partial charge in [-0.15, -0.1) is 0 Å². The lowest BCUT2D eigenvalue weighted by Gasteiger charge is -2.09. The van der Waals surface area contributed by atoms with Gasteiger partial charge < -0.3 is 10.4 Å². The van der Waals surface area contributed by atoms with Crippen LogP contribution in [0.4, 0.5) is 4.39 Å². The number of amides is 1. The van der Waals surface area contributed by atoms with Crippen molar-refractivity contribution in [2.75, 3.05) is 6.54 Å². The molecule has 0 aliphatic heterocycles. The largest absolute Gasteiger partial charge is 0.387 e. The van der Waals surface area contributed by atoms with Gasteiger partial charge in [0.25, 0.3) is 5.91 Å². The van der Waals surface area contributed by atoms with Crippen molar-refractivity contribution in [3.63, 3.8) is 0 Å². The minimum Gasteiger partial charge on any atom is -0.387 e. The first-order valence-electron chi connectivity index (χ1n) is 6.94. The summed E-state index contributed by atoms with van der Waals surface area (Å²) < 4.78 is 15.0. The van der Waals surface area contributed by atoms with Crippen molar-refractivity contribution in [1.82, 2.24) is 15.1 Å². The van der Waals surface area contributed by atoms with E-state index in [1.165, 1.54) is 34.3 Å². The molecular weight excluding hydrogens is 317 g/mol. The first-order valence-corrected chi connectivity index (χ1v) is 7.88. The van der Waals surface area contributed by atoms with Crippen molar-refractivity contribution in [3.05, 3.63) is 70.4 Å². The molecule has 23 heavy (non-hydrogen) atoms. The number of thiophene rings is 1. The fraction of sp³-hybridized carbons (Fsp3) is 0.125. The summed E-state index contributed by atoms with van der Waals surface area (Å²) in [7, 11) is 0. The van der Waals surface area contributed by atoms with Crippen LogP contribution in [-0.4, -0.2) is 27.3 Å². The first-order chi connectivity index (χ1) is 11.1. The first kappa shape index (κ1) is 15.4. The number of hydrogen-bond donors (Lipinski definition) is 2. The van der Waals surface area contributed by atoms with Gasteiger partial charge in [0.05, 0.1) is 6.10 Å². The smallest absolute Gasteiger partial charge is 0.271 e. The van der Waals surface area contributed by atoms with E-state index in [9.17, 15) is 14.3 Å². The maximum atomic E-state index is 13.7. The molecule has 118 valence electrons. The third kappa shape index (κ3) is 3.46. The Morgan fingerprint density at radius 3 is 2.91 bits per heavy atom. The molecule has 5 nitrogen and oxygen atoms in total. The second-order valence-electron chi connectivity index (χ2n) is 4.88. The Morgan fingerprint density at radius 2 is 2.17 bits per heavy atom. The van der Waals surface area contributed by atoms with E-state index in [2.05, 4.69) is 10.4 Å². The maximum absolute atomic E-state index is 13.7. The molecule has 0 aliphatic carbocycles. The SMILES string of the molecule is O=C(NCC(O)c1ccsc1)c1ccn(-c2ccccc2F)n1. The Balaban J connectivity index is 1.66. The van der Waals surface area contributed by atoms with Gasteiger partial charge in [-0.05, 0) is 40.6 Å². The summed E-state index contributed by atoms with van der Waals surface area (Å²) in [5, 5.41) is 20.3. The fourth-order valence-corrected chi connectivity index (χ4v) is 2.79. The molecule has 1 aromatic carbocycles. The molecule has 2 heterocycles. The molecule has 7 heteroatoms. The summed E-state index contributed by atoms with van der Waals surface area (Å²) >= 11 is 1.48. The molecule has 0 spiro atoms. The van der Waals surface area contributed by atoms with Gasteiger partial charge in [-0.3, -0.25) is 4.79 Å². The zero-order chi connectivity index (χ0) is 16.2. The van der Waals surface area contributed by atoms with Gasteiger partial charge in [-0.25, -0.2) is 9.07 Å². The van der Waals surface area contributed by atoms with E-state index in [1.54, 1.807) is 24.3 Å². The predicted octanol–water partition coefficient (Wildman–Crippen LogP) is 2.54. The summed E-state index contributed by atoms with van der Waals surface area (Å²) in [4.78, 5) is 12.1. The highest BCUT2D eigenvalue weighted by Gasteiger charge is 2.14. The van der Waals surface area contributed by atoms with Crippen LogP contribution in [0, 0.1) is 5.82 Å². The van der Waals surface area contributed by atoms with Crippen molar-refractivity contribution in [1.29, 1.82) is 0 Å². The van der Waals surface area contributed by atoms with Crippen molar-refractivity contribution >= 4 is 17.2 Å². The monoisotopic (exact) mass is 331 g/mol. The third-order valence-corrected chi connectivity index (χ3v) is 4.01. The predicted molar refractivity (Wildman–Crippen MR) is 85.1 cm³/mol. The number of aliphatic hydroxyl groups is 1. The Labute approximate surface area is 136 Å². The second-order valence-corrected chi connectivity index (χ2v) is 5.66. The Morgan fingerprint density at radius 1 is 1.35 bits per heavy atom. The second kappa shape index (κ2) is 6.72. The number of nitrogens with zero attached hydrogens (tertiary/aromatic N) is 2. The minimum absolute atomic E-state index is 0.0854. The van der Waals surface area contributed by atoms with Crippen molar-refractivity contribution in [2.24, 2.45) is 0 Å². The van der Waals surface area contributed by atoms with E-state index < -0.39 is 17.8 Å². The number of benzene rings is 1. The normalized spacial score (nSPS) is 12.1. The van der Waals surface area contributed by atoms with E-state index in [0.717, 1.165) is 5.56 Å². The maximum Gasteiger partial charge on any atom is 0.271 e. The van der Waals surface area contributed by atoms with Crippen LogP contribution in [0.5, 0.6) is 0 Å². The van der Waals surface area contributed by atoms with Crippen LogP contribution >= 0.6 is 11.3 Å². The molecule has 1 amide bonds. The summed E-state index contributed by atoms with van der Waals surface area (Å²) in [6.07, 6.45) is 0.752. The molecule has 3 rings (SSSR count). The lowest BCUT2D eigenvalue weighted by molar-refractivity contribution is 0.0911. The zero-order valence-electron chi connectivity index (χ0n) is 12.0. The van der Waals surface area contributed by atoms with E-state index in [1.807, 2.05) is 10.8 Å². The molecular formula is C16H14FN3O2S. The van der Waals surface area contributed by atoms with E-state index in [0.29, 0.717) is 0 Å². The highest BCUT2D eigenvalue weighted by atomic mass is 32.1. The Kier molecular flexibility index (Phi) is 4.50. The highest BCUT2D eigenvalue weighted by Crippen LogP contribution is 2.15. The van der Waals surface area contributed by atoms with Gasteiger partial charge in [0.2, 0.25) is 0 Å². The zero-order valence-corrected chi connectivity index (χ0v) is 12.8. The standard InChI is InChI=1S/C16H14FN3O2S/c17-12-3-1-2-4-14(12)20-7-5-13(19-20)16(22)18-9-15(21)11-6-8-23-10-11/h1-8,10,15,21H,9H2,(H,18,22). The number of aromatic nitrogens is 2. The molecule has 2 aromatic heterocycles. The van der Waals surface area contributed by atoms with Crippen LogP contribution < -0.4 is 5.32 Å². The molecule has 0 radical (unpaired) electrons. The van der Waals surface area contributed by atoms with E-state index in [-0.39, 0.29) is 17.9 Å². The van der Waals surface area contributed by atoms with Crippen molar-refractivity contribution in [3.8, 4) is 5.69 Å². The molecule has 1 atom stereocenters. The highest BCUT2D eigenvalue weighted by molar-refractivity contribution is 7.07. The van der Waals surface area contributed by atoms with Crippen LogP contribution in [-0.2, 0) is 0 Å². The van der Waals surface area contributed by atoms with Gasteiger partial charge >= 0.3 is 0 Å². The summed E-state index contributed by atoms with van der Waals surface area (Å²) in [6, 6.07) is 9.48. The molecule has 3 aromatic rings. The van der Waals surface area contributed by atoms with Gasteiger partial charge in [0.1, 0.15) is 11.5 Å². The van der Waals surface area contributed by atoms with E-state index in [4.69, 9.17) is 0 Å². The van der Waals surface area contributed by atoms with Crippen molar-refractivity contribution in [2.45, 2.75) is 6.10 Å². The summed E-state index contributed by atoms with van der Waals surface area (Å²) in [6.45, 7) is 0.0854. The third-order valence-electron chi connectivity index (χ3n) is 3.30. The molecule has 0 fully saturated rings. The van der Waals surface area contributed by atoms with Gasteiger partial charge in [-0.2, -0.15) is 16.4 Å².